The fourth-order valence-corrected chi connectivity index (χ4v) is 4.29. The number of aromatic nitrogens is 2. The zero-order valence-corrected chi connectivity index (χ0v) is 21.4. The maximum Gasteiger partial charge on any atom is 0.490 e. The zero-order valence-electron chi connectivity index (χ0n) is 21.4. The van der Waals surface area contributed by atoms with Crippen molar-refractivity contribution >= 4 is 17.8 Å². The first-order valence-corrected chi connectivity index (χ1v) is 12.0. The lowest BCUT2D eigenvalue weighted by molar-refractivity contribution is -0.193. The number of likely N-dealkylation sites (tertiary alicyclic amines) is 2. The Kier molecular flexibility index (Phi) is 11.0. The fourth-order valence-electron chi connectivity index (χ4n) is 4.29. The number of aryl methyl sites for hydroxylation is 1. The van der Waals surface area contributed by atoms with Crippen molar-refractivity contribution in [3.8, 4) is 0 Å². The Bertz CT molecular complexity index is 1130. The summed E-state index contributed by atoms with van der Waals surface area (Å²) in [6.07, 6.45) is -3.34. The number of amides is 1. The molecule has 1 spiro atoms. The predicted molar refractivity (Wildman–Crippen MR) is 128 cm³/mol. The van der Waals surface area contributed by atoms with Gasteiger partial charge in [0.15, 0.2) is 0 Å². The topological polar surface area (TPSA) is 124 Å². The van der Waals surface area contributed by atoms with E-state index in [2.05, 4.69) is 27.0 Å². The number of carboxylic acid groups (broad SMARTS) is 2. The van der Waals surface area contributed by atoms with Gasteiger partial charge in [0.25, 0.3) is 5.91 Å². The van der Waals surface area contributed by atoms with Crippen LogP contribution in [-0.2, 0) is 16.1 Å². The molecule has 2 aromatic heterocycles. The number of rotatable bonds is 3. The first-order chi connectivity index (χ1) is 18.5. The van der Waals surface area contributed by atoms with Gasteiger partial charge in [0.1, 0.15) is 0 Å². The molecule has 4 rings (SSSR count). The van der Waals surface area contributed by atoms with Crippen LogP contribution >= 0.6 is 0 Å². The van der Waals surface area contributed by atoms with Gasteiger partial charge in [-0.15, -0.1) is 0 Å². The van der Waals surface area contributed by atoms with Crippen LogP contribution in [0.25, 0.3) is 0 Å². The average molecular weight is 579 g/mol. The van der Waals surface area contributed by atoms with Crippen molar-refractivity contribution in [1.29, 1.82) is 0 Å². The molecule has 0 bridgehead atoms. The van der Waals surface area contributed by atoms with Crippen molar-refractivity contribution in [3.05, 3.63) is 59.7 Å². The number of carboxylic acids is 2. The molecule has 4 heterocycles. The number of piperidine rings is 1. The van der Waals surface area contributed by atoms with E-state index >= 15 is 0 Å². The molecule has 220 valence electrons. The molecule has 15 heteroatoms. The Morgan fingerprint density at radius 2 is 1.45 bits per heavy atom. The van der Waals surface area contributed by atoms with Crippen LogP contribution in [0.1, 0.15) is 41.0 Å². The Labute approximate surface area is 225 Å². The Morgan fingerprint density at radius 1 is 0.900 bits per heavy atom. The van der Waals surface area contributed by atoms with E-state index in [1.165, 1.54) is 0 Å². The number of hydrogen-bond acceptors (Lipinski definition) is 6. The van der Waals surface area contributed by atoms with Crippen LogP contribution in [0.3, 0.4) is 0 Å². The van der Waals surface area contributed by atoms with Gasteiger partial charge in [0.2, 0.25) is 0 Å². The molecule has 2 fully saturated rings. The second-order valence-corrected chi connectivity index (χ2v) is 9.37. The van der Waals surface area contributed by atoms with Gasteiger partial charge < -0.3 is 15.1 Å². The molecule has 2 saturated heterocycles. The van der Waals surface area contributed by atoms with Crippen molar-refractivity contribution < 1.29 is 50.9 Å². The lowest BCUT2D eigenvalue weighted by Gasteiger charge is -2.39. The number of carbonyl (C=O) groups excluding carboxylic acids is 1. The summed E-state index contributed by atoms with van der Waals surface area (Å²) in [5.74, 6) is -5.39. The first-order valence-electron chi connectivity index (χ1n) is 12.0. The van der Waals surface area contributed by atoms with Crippen molar-refractivity contribution in [3.63, 3.8) is 0 Å². The number of hydrogen-bond donors (Lipinski definition) is 2. The molecule has 1 amide bonds. The van der Waals surface area contributed by atoms with Gasteiger partial charge in [-0.1, -0.05) is 6.07 Å². The van der Waals surface area contributed by atoms with Crippen LogP contribution in [0, 0.1) is 12.3 Å². The fraction of sp³-hybridized carbons (Fsp3) is 0.480. The third-order valence-corrected chi connectivity index (χ3v) is 6.37. The molecular formula is C25H28F6N4O5. The van der Waals surface area contributed by atoms with Crippen LogP contribution in [0.4, 0.5) is 26.3 Å². The maximum absolute atomic E-state index is 12.7. The van der Waals surface area contributed by atoms with Gasteiger partial charge >= 0.3 is 24.3 Å². The first kappa shape index (κ1) is 32.5. The van der Waals surface area contributed by atoms with Crippen molar-refractivity contribution in [2.75, 3.05) is 26.2 Å². The highest BCUT2D eigenvalue weighted by Gasteiger charge is 2.42. The molecule has 2 N–H and O–H groups in total. The van der Waals surface area contributed by atoms with Crippen LogP contribution in [-0.4, -0.2) is 86.4 Å². The van der Waals surface area contributed by atoms with Gasteiger partial charge in [-0.05, 0) is 69.0 Å². The van der Waals surface area contributed by atoms with Gasteiger partial charge in [-0.25, -0.2) is 9.59 Å². The Balaban J connectivity index is 0.000000333. The molecule has 0 saturated carbocycles. The quantitative estimate of drug-likeness (QED) is 0.520. The third-order valence-electron chi connectivity index (χ3n) is 6.37. The molecule has 2 aliphatic rings. The van der Waals surface area contributed by atoms with Crippen molar-refractivity contribution in [2.24, 2.45) is 5.41 Å². The predicted octanol–water partition coefficient (Wildman–Crippen LogP) is 4.18. The number of halogens is 6. The summed E-state index contributed by atoms with van der Waals surface area (Å²) in [5.41, 5.74) is 3.23. The highest BCUT2D eigenvalue weighted by atomic mass is 19.4. The average Bonchev–Trinajstić information content (AvgIpc) is 3.29. The Morgan fingerprint density at radius 3 is 1.93 bits per heavy atom. The monoisotopic (exact) mass is 578 g/mol. The van der Waals surface area contributed by atoms with Gasteiger partial charge in [-0.3, -0.25) is 19.7 Å². The summed E-state index contributed by atoms with van der Waals surface area (Å²) >= 11 is 0. The molecule has 0 atom stereocenters. The van der Waals surface area contributed by atoms with E-state index in [1.807, 2.05) is 30.0 Å². The zero-order chi connectivity index (χ0) is 30.1. The standard InChI is InChI=1S/C21H26N4O.2C2HF3O2/c1-17-4-2-6-19(23-17)15-24-11-7-21(8-12-24)9-13-25(16-21)20(26)18-5-3-10-22-14-18;2*3-2(4,5)1(6)7/h2-6,10,14H,7-9,11-13,15-16H2,1H3;2*(H,6,7). The summed E-state index contributed by atoms with van der Waals surface area (Å²) < 4.78 is 63.5. The van der Waals surface area contributed by atoms with Gasteiger partial charge in [0, 0.05) is 37.7 Å². The molecule has 0 aliphatic carbocycles. The SMILES string of the molecule is Cc1cccc(CN2CCC3(CC2)CCN(C(=O)c2cccnc2)C3)n1.O=C(O)C(F)(F)F.O=C(O)C(F)(F)F. The summed E-state index contributed by atoms with van der Waals surface area (Å²) in [7, 11) is 0. The lowest BCUT2D eigenvalue weighted by Crippen LogP contribution is -2.42. The molecule has 0 radical (unpaired) electrons. The van der Waals surface area contributed by atoms with Crippen molar-refractivity contribution in [2.45, 2.75) is 45.1 Å². The number of pyridine rings is 2. The minimum Gasteiger partial charge on any atom is -0.475 e. The number of nitrogens with zero attached hydrogens (tertiary/aromatic N) is 4. The summed E-state index contributed by atoms with van der Waals surface area (Å²) in [6, 6.07) is 9.93. The third kappa shape index (κ3) is 10.1. The Hall–Kier alpha value is -3.75. The van der Waals surface area contributed by atoms with E-state index < -0.39 is 24.3 Å². The van der Waals surface area contributed by atoms with E-state index in [0.29, 0.717) is 11.0 Å². The molecular weight excluding hydrogens is 550 g/mol. The van der Waals surface area contributed by atoms with Crippen LogP contribution in [0.2, 0.25) is 0 Å². The van der Waals surface area contributed by atoms with Gasteiger partial charge in [0.05, 0.1) is 11.3 Å². The molecule has 0 aromatic carbocycles. The number of carbonyl (C=O) groups is 3. The second kappa shape index (κ2) is 13.5. The summed E-state index contributed by atoms with van der Waals surface area (Å²) in [5, 5.41) is 14.2. The van der Waals surface area contributed by atoms with Crippen LogP contribution in [0.15, 0.2) is 42.7 Å². The molecule has 0 unspecified atom stereocenters. The van der Waals surface area contributed by atoms with E-state index in [0.717, 1.165) is 63.4 Å². The smallest absolute Gasteiger partial charge is 0.475 e. The van der Waals surface area contributed by atoms with E-state index in [1.54, 1.807) is 12.4 Å². The molecule has 9 nitrogen and oxygen atoms in total. The minimum absolute atomic E-state index is 0.126. The highest BCUT2D eigenvalue weighted by Crippen LogP contribution is 2.41. The summed E-state index contributed by atoms with van der Waals surface area (Å²) in [6.45, 7) is 6.90. The van der Waals surface area contributed by atoms with Gasteiger partial charge in [-0.2, -0.15) is 26.3 Å². The normalized spacial score (nSPS) is 16.8. The minimum atomic E-state index is -5.08. The highest BCUT2D eigenvalue weighted by molar-refractivity contribution is 5.94. The molecule has 2 aliphatic heterocycles. The van der Waals surface area contributed by atoms with Crippen LogP contribution in [0.5, 0.6) is 0 Å². The van der Waals surface area contributed by atoms with Crippen molar-refractivity contribution in [1.82, 2.24) is 19.8 Å². The van der Waals surface area contributed by atoms with Crippen LogP contribution < -0.4 is 0 Å². The largest absolute Gasteiger partial charge is 0.490 e. The molecule has 2 aromatic rings. The summed E-state index contributed by atoms with van der Waals surface area (Å²) in [4.78, 5) is 43.7. The van der Waals surface area contributed by atoms with E-state index in [4.69, 9.17) is 19.8 Å². The lowest BCUT2D eigenvalue weighted by atomic mass is 9.78. The van der Waals surface area contributed by atoms with E-state index in [9.17, 15) is 31.1 Å². The van der Waals surface area contributed by atoms with E-state index in [-0.39, 0.29) is 5.91 Å². The number of aliphatic carboxylic acids is 2. The second-order valence-electron chi connectivity index (χ2n) is 9.37. The number of alkyl halides is 6. The maximum atomic E-state index is 12.7. The molecule has 40 heavy (non-hydrogen) atoms.